The first kappa shape index (κ1) is 17.4. The molecule has 2 heterocycles. The third-order valence-corrected chi connectivity index (χ3v) is 5.98. The van der Waals surface area contributed by atoms with Gasteiger partial charge in [-0.1, -0.05) is 24.3 Å². The van der Waals surface area contributed by atoms with Gasteiger partial charge in [-0.2, -0.15) is 0 Å². The van der Waals surface area contributed by atoms with E-state index < -0.39 is 0 Å². The Kier molecular flexibility index (Phi) is 5.26. The number of benzene rings is 1. The fourth-order valence-electron chi connectivity index (χ4n) is 4.34. The van der Waals surface area contributed by atoms with Gasteiger partial charge in [-0.25, -0.2) is 0 Å². The minimum absolute atomic E-state index is 0.256. The molecule has 1 unspecified atom stereocenters. The lowest BCUT2D eigenvalue weighted by Crippen LogP contribution is -2.52. The van der Waals surface area contributed by atoms with Gasteiger partial charge < -0.3 is 15.1 Å². The summed E-state index contributed by atoms with van der Waals surface area (Å²) in [5, 5.41) is 3.46. The molecular formula is C20H31N3O. The average molecular weight is 329 g/mol. The van der Waals surface area contributed by atoms with Crippen LogP contribution in [0.2, 0.25) is 0 Å². The van der Waals surface area contributed by atoms with E-state index in [1.54, 1.807) is 0 Å². The molecule has 1 N–H and O–H groups in total. The van der Waals surface area contributed by atoms with E-state index in [1.165, 1.54) is 24.0 Å². The predicted molar refractivity (Wildman–Crippen MR) is 98.0 cm³/mol. The lowest BCUT2D eigenvalue weighted by molar-refractivity contribution is -0.139. The van der Waals surface area contributed by atoms with E-state index in [0.29, 0.717) is 17.7 Å². The number of amides is 1. The van der Waals surface area contributed by atoms with Gasteiger partial charge in [0.25, 0.3) is 0 Å². The van der Waals surface area contributed by atoms with Crippen LogP contribution in [0.1, 0.15) is 42.9 Å². The Bertz CT molecular complexity index is 578. The predicted octanol–water partition coefficient (Wildman–Crippen LogP) is 2.59. The number of nitrogens with one attached hydrogen (secondary N) is 1. The summed E-state index contributed by atoms with van der Waals surface area (Å²) >= 11 is 0. The number of hydrogen-bond donors (Lipinski definition) is 1. The standard InChI is InChI=1S/C20H31N3O/c1-16-6-4-5-7-17(16)18(22(2)3)14-23-15-20(9-8-19(23)24)10-12-21-13-11-20/h4-7,18,21H,8-15H2,1-3H3. The monoisotopic (exact) mass is 329 g/mol. The summed E-state index contributed by atoms with van der Waals surface area (Å²) in [6.45, 7) is 6.08. The summed E-state index contributed by atoms with van der Waals surface area (Å²) in [7, 11) is 4.23. The third-order valence-electron chi connectivity index (χ3n) is 5.98. The molecule has 1 atom stereocenters. The van der Waals surface area contributed by atoms with Crippen LogP contribution in [0.4, 0.5) is 0 Å². The SMILES string of the molecule is Cc1ccccc1C(CN1CC2(CCNCC2)CCC1=O)N(C)C. The first-order valence-electron chi connectivity index (χ1n) is 9.21. The summed E-state index contributed by atoms with van der Waals surface area (Å²) < 4.78 is 0. The quantitative estimate of drug-likeness (QED) is 0.922. The minimum atomic E-state index is 0.256. The van der Waals surface area contributed by atoms with Gasteiger partial charge >= 0.3 is 0 Å². The van der Waals surface area contributed by atoms with Crippen LogP contribution in [0.15, 0.2) is 24.3 Å². The topological polar surface area (TPSA) is 35.6 Å². The van der Waals surface area contributed by atoms with E-state index >= 15 is 0 Å². The van der Waals surface area contributed by atoms with Gasteiger partial charge in [-0.3, -0.25) is 4.79 Å². The van der Waals surface area contributed by atoms with E-state index in [0.717, 1.165) is 32.6 Å². The fourth-order valence-corrected chi connectivity index (χ4v) is 4.34. The van der Waals surface area contributed by atoms with Crippen molar-refractivity contribution in [3.05, 3.63) is 35.4 Å². The summed E-state index contributed by atoms with van der Waals surface area (Å²) in [4.78, 5) is 17.0. The second kappa shape index (κ2) is 7.24. The van der Waals surface area contributed by atoms with Crippen molar-refractivity contribution in [1.82, 2.24) is 15.1 Å². The highest BCUT2D eigenvalue weighted by molar-refractivity contribution is 5.77. The molecule has 1 spiro atoms. The molecule has 4 nitrogen and oxygen atoms in total. The van der Waals surface area contributed by atoms with Gasteiger partial charge in [-0.05, 0) is 69.9 Å². The summed E-state index contributed by atoms with van der Waals surface area (Å²) in [5.74, 6) is 0.333. The van der Waals surface area contributed by atoms with Crippen LogP contribution in [0.5, 0.6) is 0 Å². The van der Waals surface area contributed by atoms with Gasteiger partial charge in [0.15, 0.2) is 0 Å². The van der Waals surface area contributed by atoms with Crippen molar-refractivity contribution < 1.29 is 4.79 Å². The number of likely N-dealkylation sites (tertiary alicyclic amines) is 1. The number of likely N-dealkylation sites (N-methyl/N-ethyl adjacent to an activating group) is 1. The number of carbonyl (C=O) groups excluding carboxylic acids is 1. The Balaban J connectivity index is 1.78. The maximum atomic E-state index is 12.6. The normalized spacial score (nSPS) is 22.2. The van der Waals surface area contributed by atoms with E-state index in [1.807, 2.05) is 0 Å². The number of rotatable bonds is 4. The second-order valence-electron chi connectivity index (χ2n) is 7.86. The molecule has 0 saturated carbocycles. The molecule has 132 valence electrons. The minimum Gasteiger partial charge on any atom is -0.340 e. The van der Waals surface area contributed by atoms with Crippen molar-refractivity contribution in [2.24, 2.45) is 5.41 Å². The van der Waals surface area contributed by atoms with Crippen molar-refractivity contribution in [3.8, 4) is 0 Å². The van der Waals surface area contributed by atoms with Crippen LogP contribution in [0.3, 0.4) is 0 Å². The zero-order valence-electron chi connectivity index (χ0n) is 15.3. The van der Waals surface area contributed by atoms with E-state index in [4.69, 9.17) is 0 Å². The van der Waals surface area contributed by atoms with Gasteiger partial charge in [0.1, 0.15) is 0 Å². The molecule has 2 aliphatic heterocycles. The summed E-state index contributed by atoms with van der Waals surface area (Å²) in [6, 6.07) is 8.81. The number of piperidine rings is 2. The number of nitrogens with zero attached hydrogens (tertiary/aromatic N) is 2. The van der Waals surface area contributed by atoms with Crippen molar-refractivity contribution in [2.45, 2.75) is 38.6 Å². The van der Waals surface area contributed by atoms with Crippen molar-refractivity contribution >= 4 is 5.91 Å². The van der Waals surface area contributed by atoms with Gasteiger partial charge in [-0.15, -0.1) is 0 Å². The molecule has 2 fully saturated rings. The summed E-state index contributed by atoms with van der Waals surface area (Å²) in [6.07, 6.45) is 4.19. The number of hydrogen-bond acceptors (Lipinski definition) is 3. The molecule has 1 aromatic carbocycles. The first-order chi connectivity index (χ1) is 11.5. The Morgan fingerprint density at radius 3 is 2.58 bits per heavy atom. The lowest BCUT2D eigenvalue weighted by atomic mass is 9.72. The van der Waals surface area contributed by atoms with Gasteiger partial charge in [0, 0.05) is 19.5 Å². The van der Waals surface area contributed by atoms with Crippen molar-refractivity contribution in [2.75, 3.05) is 40.3 Å². The van der Waals surface area contributed by atoms with Crippen molar-refractivity contribution in [1.29, 1.82) is 0 Å². The van der Waals surface area contributed by atoms with E-state index in [2.05, 4.69) is 60.4 Å². The highest BCUT2D eigenvalue weighted by atomic mass is 16.2. The Labute approximate surface area is 146 Å². The molecule has 0 aromatic heterocycles. The van der Waals surface area contributed by atoms with E-state index in [9.17, 15) is 4.79 Å². The maximum Gasteiger partial charge on any atom is 0.222 e. The Morgan fingerprint density at radius 2 is 1.92 bits per heavy atom. The zero-order valence-corrected chi connectivity index (χ0v) is 15.3. The smallest absolute Gasteiger partial charge is 0.222 e. The molecule has 24 heavy (non-hydrogen) atoms. The van der Waals surface area contributed by atoms with E-state index in [-0.39, 0.29) is 6.04 Å². The van der Waals surface area contributed by atoms with Gasteiger partial charge in [0.2, 0.25) is 5.91 Å². The zero-order chi connectivity index (χ0) is 17.2. The number of carbonyl (C=O) groups is 1. The third kappa shape index (κ3) is 3.65. The fraction of sp³-hybridized carbons (Fsp3) is 0.650. The number of aryl methyl sites for hydroxylation is 1. The Hall–Kier alpha value is -1.39. The van der Waals surface area contributed by atoms with Crippen LogP contribution in [-0.4, -0.2) is 56.0 Å². The molecular weight excluding hydrogens is 298 g/mol. The van der Waals surface area contributed by atoms with Gasteiger partial charge in [0.05, 0.1) is 6.04 Å². The van der Waals surface area contributed by atoms with Crippen molar-refractivity contribution in [3.63, 3.8) is 0 Å². The molecule has 0 radical (unpaired) electrons. The van der Waals surface area contributed by atoms with Crippen LogP contribution >= 0.6 is 0 Å². The molecule has 0 bridgehead atoms. The molecule has 1 amide bonds. The maximum absolute atomic E-state index is 12.6. The second-order valence-corrected chi connectivity index (χ2v) is 7.86. The van der Waals surface area contributed by atoms with Crippen LogP contribution < -0.4 is 5.32 Å². The molecule has 0 aliphatic carbocycles. The largest absolute Gasteiger partial charge is 0.340 e. The molecule has 3 rings (SSSR count). The Morgan fingerprint density at radius 1 is 1.21 bits per heavy atom. The molecule has 1 aromatic rings. The molecule has 4 heteroatoms. The van der Waals surface area contributed by atoms with Crippen LogP contribution in [-0.2, 0) is 4.79 Å². The summed E-state index contributed by atoms with van der Waals surface area (Å²) in [5.41, 5.74) is 2.99. The van der Waals surface area contributed by atoms with Crippen LogP contribution in [0.25, 0.3) is 0 Å². The lowest BCUT2D eigenvalue weighted by Gasteiger charge is -2.46. The molecule has 2 saturated heterocycles. The molecule has 2 aliphatic rings. The first-order valence-corrected chi connectivity index (χ1v) is 9.21. The highest BCUT2D eigenvalue weighted by Crippen LogP contribution is 2.39. The van der Waals surface area contributed by atoms with Crippen LogP contribution in [0, 0.1) is 12.3 Å². The highest BCUT2D eigenvalue weighted by Gasteiger charge is 2.40. The average Bonchev–Trinajstić information content (AvgIpc) is 2.57.